The van der Waals surface area contributed by atoms with Crippen molar-refractivity contribution in [3.8, 4) is 5.75 Å². The highest BCUT2D eigenvalue weighted by atomic mass is 16.6. The number of ether oxygens (including phenoxy) is 1. The highest BCUT2D eigenvalue weighted by Gasteiger charge is 2.23. The third-order valence-electron chi connectivity index (χ3n) is 4.25. The molecule has 1 aromatic heterocycles. The zero-order valence-corrected chi connectivity index (χ0v) is 13.9. The van der Waals surface area contributed by atoms with Crippen LogP contribution in [-0.2, 0) is 0 Å². The van der Waals surface area contributed by atoms with Gasteiger partial charge in [0.15, 0.2) is 0 Å². The van der Waals surface area contributed by atoms with E-state index in [2.05, 4.69) is 15.4 Å². The van der Waals surface area contributed by atoms with E-state index in [1.807, 2.05) is 30.3 Å². The summed E-state index contributed by atoms with van der Waals surface area (Å²) in [4.78, 5) is 14.7. The first-order chi connectivity index (χ1) is 12.7. The Kier molecular flexibility index (Phi) is 3.85. The van der Waals surface area contributed by atoms with Crippen molar-refractivity contribution in [2.45, 2.75) is 6.04 Å². The molecule has 1 aliphatic rings. The average Bonchev–Trinajstić information content (AvgIpc) is 3.16. The summed E-state index contributed by atoms with van der Waals surface area (Å²) in [6.45, 7) is 0. The normalized spacial score (nSPS) is 15.6. The van der Waals surface area contributed by atoms with Crippen molar-refractivity contribution in [3.63, 3.8) is 0 Å². The standard InChI is InChI=1S/C18H15N5O3/c1-26-15-8-4-12(5-9-15)16-10-17(22-18(21-16)19-11-20-22)13-2-6-14(7-3-13)23(24)25/h2-11,17H,1H3,(H,19,20,21)/t17-/m1/s1. The van der Waals surface area contributed by atoms with E-state index in [1.54, 1.807) is 23.9 Å². The first-order valence-corrected chi connectivity index (χ1v) is 7.93. The van der Waals surface area contributed by atoms with Gasteiger partial charge in [-0.15, -0.1) is 0 Å². The third kappa shape index (κ3) is 2.77. The number of allylic oxidation sites excluding steroid dienone is 1. The van der Waals surface area contributed by atoms with E-state index >= 15 is 0 Å². The molecule has 8 nitrogen and oxygen atoms in total. The van der Waals surface area contributed by atoms with Gasteiger partial charge in [0, 0.05) is 17.8 Å². The van der Waals surface area contributed by atoms with Crippen LogP contribution in [0.15, 0.2) is 60.9 Å². The number of aromatic nitrogens is 3. The Morgan fingerprint density at radius 3 is 2.54 bits per heavy atom. The second-order valence-corrected chi connectivity index (χ2v) is 5.76. The summed E-state index contributed by atoms with van der Waals surface area (Å²) in [6.07, 6.45) is 3.50. The molecule has 1 aliphatic heterocycles. The summed E-state index contributed by atoms with van der Waals surface area (Å²) in [5.74, 6) is 1.39. The molecule has 3 aromatic rings. The molecule has 0 saturated carbocycles. The molecular weight excluding hydrogens is 334 g/mol. The van der Waals surface area contributed by atoms with Gasteiger partial charge in [-0.1, -0.05) is 0 Å². The Labute approximate surface area is 148 Å². The number of non-ortho nitro benzene ring substituents is 1. The summed E-state index contributed by atoms with van der Waals surface area (Å²) in [6, 6.07) is 13.9. The van der Waals surface area contributed by atoms with E-state index in [4.69, 9.17) is 4.74 Å². The molecule has 0 bridgehead atoms. The number of nitrogens with one attached hydrogen (secondary N) is 1. The van der Waals surface area contributed by atoms with Crippen molar-refractivity contribution in [3.05, 3.63) is 82.2 Å². The molecule has 2 heterocycles. The van der Waals surface area contributed by atoms with Crippen molar-refractivity contribution in [2.75, 3.05) is 12.4 Å². The molecule has 0 spiro atoms. The molecule has 0 fully saturated rings. The van der Waals surface area contributed by atoms with Gasteiger partial charge < -0.3 is 10.1 Å². The zero-order valence-electron chi connectivity index (χ0n) is 13.9. The summed E-state index contributed by atoms with van der Waals surface area (Å²) < 4.78 is 6.94. The minimum absolute atomic E-state index is 0.0563. The first kappa shape index (κ1) is 15.8. The molecule has 0 unspecified atom stereocenters. The second kappa shape index (κ2) is 6.32. The molecule has 8 heteroatoms. The minimum atomic E-state index is -0.411. The minimum Gasteiger partial charge on any atom is -0.497 e. The second-order valence-electron chi connectivity index (χ2n) is 5.76. The predicted molar refractivity (Wildman–Crippen MR) is 95.9 cm³/mol. The van der Waals surface area contributed by atoms with Crippen molar-refractivity contribution in [2.24, 2.45) is 0 Å². The lowest BCUT2D eigenvalue weighted by atomic mass is 10.0. The van der Waals surface area contributed by atoms with Crippen LogP contribution in [-0.4, -0.2) is 26.8 Å². The largest absolute Gasteiger partial charge is 0.497 e. The number of hydrogen-bond acceptors (Lipinski definition) is 6. The van der Waals surface area contributed by atoms with Gasteiger partial charge in [0.2, 0.25) is 5.95 Å². The number of nitrogens with zero attached hydrogens (tertiary/aromatic N) is 4. The molecule has 2 aromatic carbocycles. The first-order valence-electron chi connectivity index (χ1n) is 7.93. The number of fused-ring (bicyclic) bond motifs is 1. The van der Waals surface area contributed by atoms with Crippen LogP contribution in [0.1, 0.15) is 17.2 Å². The lowest BCUT2D eigenvalue weighted by Gasteiger charge is -2.24. The van der Waals surface area contributed by atoms with Crippen molar-refractivity contribution >= 4 is 17.3 Å². The Balaban J connectivity index is 1.74. The maximum Gasteiger partial charge on any atom is 0.269 e. The third-order valence-corrected chi connectivity index (χ3v) is 4.25. The lowest BCUT2D eigenvalue weighted by Crippen LogP contribution is -2.20. The van der Waals surface area contributed by atoms with Crippen molar-refractivity contribution in [1.82, 2.24) is 14.8 Å². The molecule has 1 atom stereocenters. The van der Waals surface area contributed by atoms with E-state index in [-0.39, 0.29) is 11.7 Å². The van der Waals surface area contributed by atoms with Crippen molar-refractivity contribution < 1.29 is 9.66 Å². The predicted octanol–water partition coefficient (Wildman–Crippen LogP) is 3.25. The maximum absolute atomic E-state index is 10.9. The summed E-state index contributed by atoms with van der Waals surface area (Å²) in [5, 5.41) is 18.4. The quantitative estimate of drug-likeness (QED) is 0.574. The Hall–Kier alpha value is -3.68. The fraction of sp³-hybridized carbons (Fsp3) is 0.111. The van der Waals surface area contributed by atoms with Gasteiger partial charge in [-0.25, -0.2) is 4.68 Å². The van der Waals surface area contributed by atoms with Crippen LogP contribution < -0.4 is 10.1 Å². The fourth-order valence-electron chi connectivity index (χ4n) is 2.90. The van der Waals surface area contributed by atoms with Gasteiger partial charge in [0.25, 0.3) is 5.69 Å². The summed E-state index contributed by atoms with van der Waals surface area (Å²) >= 11 is 0. The molecule has 26 heavy (non-hydrogen) atoms. The van der Waals surface area contributed by atoms with Crippen LogP contribution in [0.2, 0.25) is 0 Å². The molecule has 4 rings (SSSR count). The molecule has 130 valence electrons. The van der Waals surface area contributed by atoms with Crippen LogP contribution in [0.4, 0.5) is 11.6 Å². The molecule has 0 saturated heterocycles. The van der Waals surface area contributed by atoms with Gasteiger partial charge in [0.05, 0.1) is 12.0 Å². The average molecular weight is 349 g/mol. The number of nitro benzene ring substituents is 1. The Bertz CT molecular complexity index is 977. The fourth-order valence-corrected chi connectivity index (χ4v) is 2.90. The Morgan fingerprint density at radius 2 is 1.88 bits per heavy atom. The smallest absolute Gasteiger partial charge is 0.269 e. The lowest BCUT2D eigenvalue weighted by molar-refractivity contribution is -0.384. The van der Waals surface area contributed by atoms with Crippen LogP contribution in [0.25, 0.3) is 5.70 Å². The van der Waals surface area contributed by atoms with E-state index in [0.29, 0.717) is 5.95 Å². The molecule has 0 radical (unpaired) electrons. The van der Waals surface area contributed by atoms with E-state index in [0.717, 1.165) is 22.6 Å². The maximum atomic E-state index is 10.9. The van der Waals surface area contributed by atoms with Crippen molar-refractivity contribution in [1.29, 1.82) is 0 Å². The molecule has 0 amide bonds. The van der Waals surface area contributed by atoms with Gasteiger partial charge in [-0.2, -0.15) is 10.1 Å². The van der Waals surface area contributed by atoms with Gasteiger partial charge in [-0.05, 0) is 53.6 Å². The number of methoxy groups -OCH3 is 1. The summed E-state index contributed by atoms with van der Waals surface area (Å²) in [7, 11) is 1.63. The Morgan fingerprint density at radius 1 is 1.15 bits per heavy atom. The van der Waals surface area contributed by atoms with Crippen LogP contribution in [0.3, 0.4) is 0 Å². The van der Waals surface area contributed by atoms with Crippen LogP contribution in [0.5, 0.6) is 5.75 Å². The van der Waals surface area contributed by atoms with Crippen LogP contribution >= 0.6 is 0 Å². The monoisotopic (exact) mass is 349 g/mol. The number of anilines is 1. The number of benzene rings is 2. The van der Waals surface area contributed by atoms with Crippen LogP contribution in [0, 0.1) is 10.1 Å². The van der Waals surface area contributed by atoms with Gasteiger partial charge in [0.1, 0.15) is 18.1 Å². The number of nitro groups is 1. The summed E-state index contributed by atoms with van der Waals surface area (Å²) in [5.41, 5.74) is 2.80. The SMILES string of the molecule is COc1ccc(C2=C[C@H](c3ccc([N+](=O)[O-])cc3)n3ncnc3N2)cc1. The molecule has 1 N–H and O–H groups in total. The number of rotatable bonds is 4. The van der Waals surface area contributed by atoms with E-state index in [9.17, 15) is 10.1 Å². The number of hydrogen-bond donors (Lipinski definition) is 1. The topological polar surface area (TPSA) is 95.1 Å². The zero-order chi connectivity index (χ0) is 18.1. The highest BCUT2D eigenvalue weighted by Crippen LogP contribution is 2.32. The molecule has 0 aliphatic carbocycles. The van der Waals surface area contributed by atoms with Gasteiger partial charge in [-0.3, -0.25) is 10.1 Å². The molecular formula is C18H15N5O3. The van der Waals surface area contributed by atoms with Gasteiger partial charge >= 0.3 is 0 Å². The van der Waals surface area contributed by atoms with E-state index < -0.39 is 4.92 Å². The van der Waals surface area contributed by atoms with E-state index in [1.165, 1.54) is 18.5 Å². The highest BCUT2D eigenvalue weighted by molar-refractivity contribution is 5.77.